The molecule has 1 aromatic rings. The van der Waals surface area contributed by atoms with Gasteiger partial charge in [-0.05, 0) is 19.4 Å². The number of nitrogens with one attached hydrogen (secondary N) is 1. The molecular weight excluding hydrogens is 298 g/mol. The molecule has 1 amide bonds. The average Bonchev–Trinajstić information content (AvgIpc) is 2.37. The lowest BCUT2D eigenvalue weighted by Crippen LogP contribution is -2.40. The molecule has 0 spiro atoms. The summed E-state index contributed by atoms with van der Waals surface area (Å²) in [5.74, 6) is -0.733. The van der Waals surface area contributed by atoms with Crippen LogP contribution in [0.2, 0.25) is 0 Å². The molecule has 5 heteroatoms. The van der Waals surface area contributed by atoms with Gasteiger partial charge >= 0.3 is 5.97 Å². The van der Waals surface area contributed by atoms with Crippen LogP contribution in [0.5, 0.6) is 0 Å². The van der Waals surface area contributed by atoms with Crippen LogP contribution >= 0.6 is 15.9 Å². The van der Waals surface area contributed by atoms with Gasteiger partial charge in [0.05, 0.1) is 7.11 Å². The molecule has 0 saturated carbocycles. The second-order valence-corrected chi connectivity index (χ2v) is 4.94. The Morgan fingerprint density at radius 1 is 1.28 bits per heavy atom. The Labute approximate surface area is 115 Å². The van der Waals surface area contributed by atoms with E-state index in [4.69, 9.17) is 0 Å². The third-order valence-corrected chi connectivity index (χ3v) is 3.46. The van der Waals surface area contributed by atoms with Gasteiger partial charge in [0, 0.05) is 0 Å². The lowest BCUT2D eigenvalue weighted by molar-refractivity contribution is -0.144. The zero-order chi connectivity index (χ0) is 13.7. The Hall–Kier alpha value is -1.36. The maximum Gasteiger partial charge on any atom is 0.328 e. The zero-order valence-corrected chi connectivity index (χ0v) is 12.2. The van der Waals surface area contributed by atoms with Crippen LogP contribution in [0.1, 0.15) is 22.9 Å². The van der Waals surface area contributed by atoms with Gasteiger partial charge in [-0.15, -0.1) is 0 Å². The number of carbonyl (C=O) groups is 2. The lowest BCUT2D eigenvalue weighted by atomic mass is 10.1. The van der Waals surface area contributed by atoms with Crippen molar-refractivity contribution in [1.29, 1.82) is 0 Å². The Morgan fingerprint density at radius 2 is 1.83 bits per heavy atom. The number of hydrogen-bond acceptors (Lipinski definition) is 3. The molecule has 4 nitrogen and oxygen atoms in total. The summed E-state index contributed by atoms with van der Waals surface area (Å²) in [5, 5.41) is 2.58. The van der Waals surface area contributed by atoms with Crippen molar-refractivity contribution in [2.75, 3.05) is 7.11 Å². The summed E-state index contributed by atoms with van der Waals surface area (Å²) >= 11 is 3.31. The van der Waals surface area contributed by atoms with Gasteiger partial charge in [0.1, 0.15) is 10.9 Å². The molecule has 0 bridgehead atoms. The molecule has 0 aromatic heterocycles. The number of methoxy groups -OCH3 is 1. The van der Waals surface area contributed by atoms with Crippen LogP contribution < -0.4 is 5.32 Å². The van der Waals surface area contributed by atoms with Crippen molar-refractivity contribution in [3.8, 4) is 0 Å². The molecule has 0 radical (unpaired) electrons. The minimum absolute atomic E-state index is 0.267. The smallest absolute Gasteiger partial charge is 0.328 e. The first kappa shape index (κ1) is 14.7. The highest BCUT2D eigenvalue weighted by Gasteiger charge is 2.22. The minimum Gasteiger partial charge on any atom is -0.467 e. The number of ether oxygens (including phenoxy) is 1. The van der Waals surface area contributed by atoms with Crippen LogP contribution in [-0.4, -0.2) is 25.0 Å². The molecule has 0 saturated heterocycles. The van der Waals surface area contributed by atoms with Gasteiger partial charge in [-0.25, -0.2) is 4.79 Å². The highest BCUT2D eigenvalue weighted by Crippen LogP contribution is 2.23. The fourth-order valence-corrected chi connectivity index (χ4v) is 1.85. The largest absolute Gasteiger partial charge is 0.467 e. The number of alkyl halides is 1. The molecule has 0 aliphatic rings. The number of esters is 1. The standard InChI is InChI=1S/C13H16BrNO3/c1-8-4-6-10(7-5-8)11(14)12(16)15-9(2)13(17)18-3/h4-7,9,11H,1-3H3,(H,15,16)/t9-,11+/m0/s1. The third-order valence-electron chi connectivity index (χ3n) is 2.51. The first-order valence-electron chi connectivity index (χ1n) is 5.54. The summed E-state index contributed by atoms with van der Waals surface area (Å²) < 4.78 is 4.55. The molecule has 0 fully saturated rings. The molecule has 1 rings (SSSR count). The van der Waals surface area contributed by atoms with Crippen LogP contribution in [0.25, 0.3) is 0 Å². The molecule has 0 unspecified atom stereocenters. The highest BCUT2D eigenvalue weighted by atomic mass is 79.9. The van der Waals surface area contributed by atoms with E-state index in [-0.39, 0.29) is 5.91 Å². The normalized spacial score (nSPS) is 13.6. The van der Waals surface area contributed by atoms with Crippen molar-refractivity contribution >= 4 is 27.8 Å². The van der Waals surface area contributed by atoms with Gasteiger partial charge in [0.2, 0.25) is 5.91 Å². The van der Waals surface area contributed by atoms with E-state index in [9.17, 15) is 9.59 Å². The number of rotatable bonds is 4. The monoisotopic (exact) mass is 313 g/mol. The molecule has 1 aromatic carbocycles. The fraction of sp³-hybridized carbons (Fsp3) is 0.385. The van der Waals surface area contributed by atoms with Crippen molar-refractivity contribution in [1.82, 2.24) is 5.32 Å². The molecule has 0 heterocycles. The maximum atomic E-state index is 11.9. The molecule has 18 heavy (non-hydrogen) atoms. The predicted molar refractivity (Wildman–Crippen MR) is 72.5 cm³/mol. The number of carbonyl (C=O) groups excluding carboxylic acids is 2. The minimum atomic E-state index is -0.659. The SMILES string of the molecule is COC(=O)[C@H](C)NC(=O)[C@H](Br)c1ccc(C)cc1. The summed E-state index contributed by atoms with van der Waals surface area (Å²) in [4.78, 5) is 22.6. The third kappa shape index (κ3) is 3.84. The first-order valence-corrected chi connectivity index (χ1v) is 6.46. The Balaban J connectivity index is 2.67. The number of benzene rings is 1. The molecule has 0 aliphatic carbocycles. The zero-order valence-electron chi connectivity index (χ0n) is 10.6. The first-order chi connectivity index (χ1) is 8.45. The summed E-state index contributed by atoms with van der Waals surface area (Å²) in [6.45, 7) is 3.56. The van der Waals surface area contributed by atoms with Crippen molar-refractivity contribution < 1.29 is 14.3 Å². The van der Waals surface area contributed by atoms with E-state index < -0.39 is 16.8 Å². The van der Waals surface area contributed by atoms with E-state index in [1.165, 1.54) is 7.11 Å². The molecule has 1 N–H and O–H groups in total. The highest BCUT2D eigenvalue weighted by molar-refractivity contribution is 9.09. The average molecular weight is 314 g/mol. The van der Waals surface area contributed by atoms with Crippen LogP contribution in [0.3, 0.4) is 0 Å². The Morgan fingerprint density at radius 3 is 2.33 bits per heavy atom. The molecule has 0 aliphatic heterocycles. The predicted octanol–water partition coefficient (Wildman–Crippen LogP) is 2.11. The van der Waals surface area contributed by atoms with Crippen molar-refractivity contribution in [2.24, 2.45) is 0 Å². The van der Waals surface area contributed by atoms with E-state index in [0.717, 1.165) is 11.1 Å². The summed E-state index contributed by atoms with van der Waals surface area (Å²) in [7, 11) is 1.29. The van der Waals surface area contributed by atoms with Crippen LogP contribution in [0.4, 0.5) is 0 Å². The Kier molecular flexibility index (Phi) is 5.34. The fourth-order valence-electron chi connectivity index (χ4n) is 1.41. The second kappa shape index (κ2) is 6.54. The lowest BCUT2D eigenvalue weighted by Gasteiger charge is -2.15. The van der Waals surface area contributed by atoms with E-state index >= 15 is 0 Å². The van der Waals surface area contributed by atoms with E-state index in [1.54, 1.807) is 6.92 Å². The van der Waals surface area contributed by atoms with Crippen molar-refractivity contribution in [3.63, 3.8) is 0 Å². The van der Waals surface area contributed by atoms with Gasteiger partial charge < -0.3 is 10.1 Å². The van der Waals surface area contributed by atoms with E-state index in [2.05, 4.69) is 26.0 Å². The van der Waals surface area contributed by atoms with Crippen LogP contribution in [-0.2, 0) is 14.3 Å². The quantitative estimate of drug-likeness (QED) is 0.684. The van der Waals surface area contributed by atoms with Gasteiger partial charge in [0.15, 0.2) is 0 Å². The van der Waals surface area contributed by atoms with Crippen LogP contribution in [0, 0.1) is 6.92 Å². The van der Waals surface area contributed by atoms with Crippen LogP contribution in [0.15, 0.2) is 24.3 Å². The number of aryl methyl sites for hydroxylation is 1. The summed E-state index contributed by atoms with van der Waals surface area (Å²) in [6, 6.07) is 6.95. The molecular formula is C13H16BrNO3. The number of hydrogen-bond donors (Lipinski definition) is 1. The molecule has 2 atom stereocenters. The second-order valence-electron chi connectivity index (χ2n) is 4.03. The Bertz CT molecular complexity index is 430. The van der Waals surface area contributed by atoms with Gasteiger partial charge in [-0.1, -0.05) is 45.8 Å². The van der Waals surface area contributed by atoms with Crippen molar-refractivity contribution in [3.05, 3.63) is 35.4 Å². The number of halogens is 1. The van der Waals surface area contributed by atoms with E-state index in [0.29, 0.717) is 0 Å². The maximum absolute atomic E-state index is 11.9. The topological polar surface area (TPSA) is 55.4 Å². The van der Waals surface area contributed by atoms with Gasteiger partial charge in [-0.3, -0.25) is 4.79 Å². The van der Waals surface area contributed by atoms with Gasteiger partial charge in [0.25, 0.3) is 0 Å². The molecule has 98 valence electrons. The van der Waals surface area contributed by atoms with Gasteiger partial charge in [-0.2, -0.15) is 0 Å². The number of amides is 1. The van der Waals surface area contributed by atoms with Crippen molar-refractivity contribution in [2.45, 2.75) is 24.7 Å². The van der Waals surface area contributed by atoms with E-state index in [1.807, 2.05) is 31.2 Å². The summed E-state index contributed by atoms with van der Waals surface area (Å²) in [6.07, 6.45) is 0. The summed E-state index contributed by atoms with van der Waals surface area (Å²) in [5.41, 5.74) is 1.97.